The van der Waals surface area contributed by atoms with Crippen LogP contribution in [0.3, 0.4) is 0 Å². The molecule has 0 spiro atoms. The predicted molar refractivity (Wildman–Crippen MR) is 119 cm³/mol. The molecule has 0 bridgehead atoms. The van der Waals surface area contributed by atoms with Gasteiger partial charge in [-0.25, -0.2) is 9.48 Å². The van der Waals surface area contributed by atoms with Crippen molar-refractivity contribution in [2.24, 2.45) is 0 Å². The van der Waals surface area contributed by atoms with E-state index in [-0.39, 0.29) is 0 Å². The van der Waals surface area contributed by atoms with Crippen LogP contribution in [0.15, 0.2) is 24.3 Å². The molecule has 0 atom stereocenters. The molecule has 0 fully saturated rings. The summed E-state index contributed by atoms with van der Waals surface area (Å²) < 4.78 is 41.5. The second-order valence-electron chi connectivity index (χ2n) is 8.20. The summed E-state index contributed by atoms with van der Waals surface area (Å²) in [4.78, 5) is 2.47. The monoisotopic (exact) mass is 422 g/mol. The first kappa shape index (κ1) is 24.0. The summed E-state index contributed by atoms with van der Waals surface area (Å²) in [6, 6.07) is 9.20. The van der Waals surface area contributed by atoms with Gasteiger partial charge in [-0.05, 0) is 76.6 Å². The Labute approximate surface area is 177 Å². The number of nitrogens with zero attached hydrogens (tertiary/aromatic N) is 2. The third-order valence-corrected chi connectivity index (χ3v) is 5.17. The Morgan fingerprint density at radius 1 is 0.733 bits per heavy atom. The lowest BCUT2D eigenvalue weighted by Gasteiger charge is -2.18. The molecule has 7 heteroatoms. The maximum absolute atomic E-state index is 9.75. The van der Waals surface area contributed by atoms with Gasteiger partial charge < -0.3 is 17.3 Å². The Hall–Kier alpha value is -2.31. The van der Waals surface area contributed by atoms with Crippen LogP contribution in [0.1, 0.15) is 46.2 Å². The van der Waals surface area contributed by atoms with Gasteiger partial charge in [-0.3, -0.25) is 0 Å². The van der Waals surface area contributed by atoms with Crippen molar-refractivity contribution in [3.05, 3.63) is 57.6 Å². The number of rotatable bonds is 2. The van der Waals surface area contributed by atoms with Gasteiger partial charge >= 0.3 is 7.25 Å². The fraction of sp³-hybridized carbons (Fsp3) is 0.435. The molecule has 0 aromatic heterocycles. The zero-order valence-corrected chi connectivity index (χ0v) is 18.7. The molecule has 1 aliphatic heterocycles. The summed E-state index contributed by atoms with van der Waals surface area (Å²) in [5.74, 6) is 0. The van der Waals surface area contributed by atoms with Crippen LogP contribution in [-0.4, -0.2) is 31.3 Å². The highest BCUT2D eigenvalue weighted by molar-refractivity contribution is 6.50. The fourth-order valence-corrected chi connectivity index (χ4v) is 4.44. The Balaban J connectivity index is 0.000000575. The SMILES string of the molecule is Cc1cc(C)c(N2C=[N+](c3c(C)cc(C)cc3C)CCCC2)c(C)c1.F[B-](F)(F)F. The Bertz CT molecular complexity index is 883. The molecule has 2 nitrogen and oxygen atoms in total. The molecule has 0 unspecified atom stereocenters. The summed E-state index contributed by atoms with van der Waals surface area (Å²) >= 11 is 0. The normalized spacial score (nSPS) is 14.6. The third kappa shape index (κ3) is 6.61. The fourth-order valence-electron chi connectivity index (χ4n) is 4.44. The van der Waals surface area contributed by atoms with E-state index in [2.05, 4.69) is 81.6 Å². The lowest BCUT2D eigenvalue weighted by Crippen LogP contribution is -2.27. The van der Waals surface area contributed by atoms with Crippen molar-refractivity contribution in [3.63, 3.8) is 0 Å². The van der Waals surface area contributed by atoms with Crippen LogP contribution >= 0.6 is 0 Å². The van der Waals surface area contributed by atoms with Gasteiger partial charge in [-0.1, -0.05) is 35.4 Å². The standard InChI is InChI=1S/C23H31N2.BF4/c1-16-11-18(3)22(19(4)12-16)24-9-7-8-10-25(15-24)23-20(5)13-17(2)14-21(23)6;2-1(3,4)5/h11-15H,7-10H2,1-6H3;/q+1;-1. The highest BCUT2D eigenvalue weighted by Crippen LogP contribution is 2.29. The highest BCUT2D eigenvalue weighted by atomic mass is 19.5. The Morgan fingerprint density at radius 3 is 1.63 bits per heavy atom. The number of hydrogen-bond acceptors (Lipinski definition) is 1. The van der Waals surface area contributed by atoms with Gasteiger partial charge in [0.25, 0.3) is 0 Å². The van der Waals surface area contributed by atoms with Crippen LogP contribution in [0.25, 0.3) is 0 Å². The quantitative estimate of drug-likeness (QED) is 0.293. The second-order valence-corrected chi connectivity index (χ2v) is 8.20. The molecule has 0 amide bonds. The van der Waals surface area contributed by atoms with Crippen LogP contribution in [0.5, 0.6) is 0 Å². The maximum Gasteiger partial charge on any atom is 0.673 e. The van der Waals surface area contributed by atoms with E-state index in [1.807, 2.05) is 0 Å². The first-order valence-corrected chi connectivity index (χ1v) is 10.3. The van der Waals surface area contributed by atoms with E-state index in [1.54, 1.807) is 0 Å². The van der Waals surface area contributed by atoms with Gasteiger partial charge in [-0.2, -0.15) is 0 Å². The molecular formula is C23H31BF4N2. The lowest BCUT2D eigenvalue weighted by molar-refractivity contribution is -0.437. The summed E-state index contributed by atoms with van der Waals surface area (Å²) in [6.07, 6.45) is 4.80. The number of halogens is 4. The smallest absolute Gasteiger partial charge is 0.418 e. The van der Waals surface area contributed by atoms with Gasteiger partial charge in [-0.15, -0.1) is 0 Å². The third-order valence-electron chi connectivity index (χ3n) is 5.17. The van der Waals surface area contributed by atoms with Crippen LogP contribution in [0, 0.1) is 41.5 Å². The summed E-state index contributed by atoms with van der Waals surface area (Å²) in [5, 5.41) is 0. The number of hydrogen-bond donors (Lipinski definition) is 0. The van der Waals surface area contributed by atoms with E-state index in [1.165, 1.54) is 57.6 Å². The summed E-state index contributed by atoms with van der Waals surface area (Å²) in [5.41, 5.74) is 10.9. The van der Waals surface area contributed by atoms with Crippen LogP contribution in [0.2, 0.25) is 0 Å². The van der Waals surface area contributed by atoms with Gasteiger partial charge in [0, 0.05) is 0 Å². The van der Waals surface area contributed by atoms with Crippen LogP contribution in [0.4, 0.5) is 28.6 Å². The molecular weight excluding hydrogens is 391 g/mol. The molecule has 0 N–H and O–H groups in total. The van der Waals surface area contributed by atoms with E-state index in [0.717, 1.165) is 13.1 Å². The molecule has 2 aromatic rings. The van der Waals surface area contributed by atoms with Gasteiger partial charge in [0.1, 0.15) is 11.4 Å². The molecule has 0 radical (unpaired) electrons. The molecule has 1 heterocycles. The van der Waals surface area contributed by atoms with Gasteiger partial charge in [0.15, 0.2) is 0 Å². The van der Waals surface area contributed by atoms with Crippen molar-refractivity contribution < 1.29 is 21.8 Å². The highest BCUT2D eigenvalue weighted by Gasteiger charge is 2.23. The largest absolute Gasteiger partial charge is 0.673 e. The van der Waals surface area contributed by atoms with Gasteiger partial charge in [0.05, 0.1) is 13.1 Å². The first-order chi connectivity index (χ1) is 13.9. The van der Waals surface area contributed by atoms with E-state index >= 15 is 0 Å². The van der Waals surface area contributed by atoms with Crippen LogP contribution < -0.4 is 4.90 Å². The molecule has 3 rings (SSSR count). The van der Waals surface area contributed by atoms with Crippen molar-refractivity contribution >= 4 is 25.0 Å². The predicted octanol–water partition coefficient (Wildman–Crippen LogP) is 6.81. The molecule has 0 saturated heterocycles. The van der Waals surface area contributed by atoms with Crippen molar-refractivity contribution in [1.82, 2.24) is 0 Å². The minimum Gasteiger partial charge on any atom is -0.418 e. The van der Waals surface area contributed by atoms with E-state index in [9.17, 15) is 17.3 Å². The molecule has 0 saturated carbocycles. The van der Waals surface area contributed by atoms with Crippen molar-refractivity contribution in [2.75, 3.05) is 18.0 Å². The zero-order valence-electron chi connectivity index (χ0n) is 18.7. The molecule has 2 aromatic carbocycles. The van der Waals surface area contributed by atoms with E-state index < -0.39 is 7.25 Å². The van der Waals surface area contributed by atoms with Crippen molar-refractivity contribution in [2.45, 2.75) is 54.4 Å². The van der Waals surface area contributed by atoms with E-state index in [4.69, 9.17) is 0 Å². The second kappa shape index (κ2) is 9.67. The number of aryl methyl sites for hydroxylation is 6. The van der Waals surface area contributed by atoms with Gasteiger partial charge in [0.2, 0.25) is 6.34 Å². The Morgan fingerprint density at radius 2 is 1.17 bits per heavy atom. The summed E-state index contributed by atoms with van der Waals surface area (Å²) in [6.45, 7) is 15.5. The molecule has 30 heavy (non-hydrogen) atoms. The first-order valence-electron chi connectivity index (χ1n) is 10.3. The van der Waals surface area contributed by atoms with Crippen molar-refractivity contribution in [1.29, 1.82) is 0 Å². The summed E-state index contributed by atoms with van der Waals surface area (Å²) in [7, 11) is -6.00. The molecule has 0 aliphatic carbocycles. The van der Waals surface area contributed by atoms with E-state index in [0.29, 0.717) is 0 Å². The minimum atomic E-state index is -6.00. The lowest BCUT2D eigenvalue weighted by atomic mass is 10.0. The van der Waals surface area contributed by atoms with Crippen LogP contribution in [-0.2, 0) is 0 Å². The Kier molecular flexibility index (Phi) is 7.72. The van der Waals surface area contributed by atoms with Crippen molar-refractivity contribution in [3.8, 4) is 0 Å². The zero-order chi connectivity index (χ0) is 22.6. The number of anilines is 1. The molecule has 164 valence electrons. The average Bonchev–Trinajstić information content (AvgIpc) is 2.77. The average molecular weight is 422 g/mol. The maximum atomic E-state index is 9.75. The molecule has 1 aliphatic rings. The minimum absolute atomic E-state index is 1.09. The number of benzene rings is 2. The topological polar surface area (TPSA) is 6.25 Å².